The van der Waals surface area contributed by atoms with Crippen LogP contribution in [0.5, 0.6) is 0 Å². The van der Waals surface area contributed by atoms with Gasteiger partial charge in [0.05, 0.1) is 4.92 Å². The molecular weight excluding hydrogens is 360 g/mol. The fraction of sp³-hybridized carbons (Fsp3) is 0.250. The number of hydrogen-bond donors (Lipinski definition) is 0. The molecule has 0 atom stereocenters. The summed E-state index contributed by atoms with van der Waals surface area (Å²) < 4.78 is 5.45. The van der Waals surface area contributed by atoms with Gasteiger partial charge in [-0.3, -0.25) is 14.9 Å². The average Bonchev–Trinajstić information content (AvgIpc) is 3.24. The number of carbonyl (C=O) groups is 1. The number of nitrogens with zero attached hydrogens (tertiary/aromatic N) is 4. The van der Waals surface area contributed by atoms with Gasteiger partial charge in [-0.1, -0.05) is 35.5 Å². The minimum atomic E-state index is -0.478. The molecule has 2 aromatic carbocycles. The van der Waals surface area contributed by atoms with Crippen LogP contribution in [0.25, 0.3) is 11.4 Å². The summed E-state index contributed by atoms with van der Waals surface area (Å²) in [4.78, 5) is 29.1. The van der Waals surface area contributed by atoms with E-state index in [-0.39, 0.29) is 17.5 Å². The number of non-ortho nitro benzene ring substituents is 1. The number of likely N-dealkylation sites (tertiary alicyclic amines) is 1. The molecule has 2 heterocycles. The summed E-state index contributed by atoms with van der Waals surface area (Å²) in [5.41, 5.74) is 1.33. The van der Waals surface area contributed by atoms with E-state index in [4.69, 9.17) is 4.52 Å². The number of hydrogen-bond acceptors (Lipinski definition) is 6. The van der Waals surface area contributed by atoms with Crippen molar-refractivity contribution in [2.75, 3.05) is 13.1 Å². The summed E-state index contributed by atoms with van der Waals surface area (Å²) in [6.07, 6.45) is 1.46. The molecule has 8 nitrogen and oxygen atoms in total. The van der Waals surface area contributed by atoms with Crippen LogP contribution in [0.1, 0.15) is 35.0 Å². The van der Waals surface area contributed by atoms with Crippen LogP contribution in [0.3, 0.4) is 0 Å². The molecule has 0 radical (unpaired) electrons. The maximum absolute atomic E-state index is 12.6. The Morgan fingerprint density at radius 1 is 1.07 bits per heavy atom. The van der Waals surface area contributed by atoms with Crippen molar-refractivity contribution in [3.05, 3.63) is 76.2 Å². The molecule has 1 fully saturated rings. The van der Waals surface area contributed by atoms with Crippen molar-refractivity contribution in [1.82, 2.24) is 15.0 Å². The lowest BCUT2D eigenvalue weighted by atomic mass is 9.96. The molecule has 142 valence electrons. The monoisotopic (exact) mass is 378 g/mol. The molecule has 0 N–H and O–H groups in total. The van der Waals surface area contributed by atoms with Crippen molar-refractivity contribution in [2.24, 2.45) is 0 Å². The molecule has 1 aromatic heterocycles. The van der Waals surface area contributed by atoms with Crippen molar-refractivity contribution in [1.29, 1.82) is 0 Å². The third kappa shape index (κ3) is 3.62. The zero-order valence-electron chi connectivity index (χ0n) is 15.0. The molecular formula is C20H18N4O4. The molecule has 1 saturated heterocycles. The predicted molar refractivity (Wildman–Crippen MR) is 101 cm³/mol. The third-order valence-corrected chi connectivity index (χ3v) is 4.93. The number of rotatable bonds is 4. The highest BCUT2D eigenvalue weighted by Crippen LogP contribution is 2.29. The molecule has 8 heteroatoms. The molecule has 0 unspecified atom stereocenters. The van der Waals surface area contributed by atoms with Gasteiger partial charge in [0.15, 0.2) is 0 Å². The normalized spacial score (nSPS) is 14.8. The second-order valence-corrected chi connectivity index (χ2v) is 6.69. The number of nitro groups is 1. The Morgan fingerprint density at radius 3 is 2.39 bits per heavy atom. The predicted octanol–water partition coefficient (Wildman–Crippen LogP) is 3.66. The summed E-state index contributed by atoms with van der Waals surface area (Å²) in [5.74, 6) is 1.16. The summed E-state index contributed by atoms with van der Waals surface area (Å²) >= 11 is 0. The molecule has 28 heavy (non-hydrogen) atoms. The topological polar surface area (TPSA) is 102 Å². The molecule has 0 saturated carbocycles. The Morgan fingerprint density at radius 2 is 1.75 bits per heavy atom. The van der Waals surface area contributed by atoms with E-state index < -0.39 is 4.92 Å². The standard InChI is InChI=1S/C20H18N4O4/c25-20(16-6-8-17(9-7-16)24(26)27)23-12-10-15(11-13-23)19-21-18(22-28-19)14-4-2-1-3-5-14/h1-9,15H,10-13H2. The molecule has 4 rings (SSSR count). The van der Waals surface area contributed by atoms with Gasteiger partial charge in [0.1, 0.15) is 0 Å². The van der Waals surface area contributed by atoms with E-state index >= 15 is 0 Å². The third-order valence-electron chi connectivity index (χ3n) is 4.93. The smallest absolute Gasteiger partial charge is 0.269 e. The summed E-state index contributed by atoms with van der Waals surface area (Å²) in [6, 6.07) is 15.3. The van der Waals surface area contributed by atoms with Crippen molar-refractivity contribution >= 4 is 11.6 Å². The second-order valence-electron chi connectivity index (χ2n) is 6.69. The fourth-order valence-corrected chi connectivity index (χ4v) is 3.34. The van der Waals surface area contributed by atoms with Crippen LogP contribution < -0.4 is 0 Å². The number of benzene rings is 2. The zero-order chi connectivity index (χ0) is 19.5. The van der Waals surface area contributed by atoms with E-state index in [2.05, 4.69) is 10.1 Å². The van der Waals surface area contributed by atoms with Crippen LogP contribution in [-0.4, -0.2) is 39.0 Å². The lowest BCUT2D eigenvalue weighted by Crippen LogP contribution is -2.38. The Labute approximate surface area is 160 Å². The van der Waals surface area contributed by atoms with Gasteiger partial charge in [0.25, 0.3) is 11.6 Å². The Balaban J connectivity index is 1.39. The van der Waals surface area contributed by atoms with Gasteiger partial charge in [0, 0.05) is 42.3 Å². The van der Waals surface area contributed by atoms with Gasteiger partial charge in [-0.2, -0.15) is 4.98 Å². The van der Waals surface area contributed by atoms with Crippen LogP contribution in [0.2, 0.25) is 0 Å². The highest BCUT2D eigenvalue weighted by Gasteiger charge is 2.28. The molecule has 1 amide bonds. The first-order valence-electron chi connectivity index (χ1n) is 9.04. The first kappa shape index (κ1) is 17.8. The van der Waals surface area contributed by atoms with Crippen molar-refractivity contribution in [3.63, 3.8) is 0 Å². The van der Waals surface area contributed by atoms with Gasteiger partial charge in [-0.05, 0) is 25.0 Å². The first-order valence-corrected chi connectivity index (χ1v) is 9.04. The van der Waals surface area contributed by atoms with Gasteiger partial charge in [-0.25, -0.2) is 0 Å². The quantitative estimate of drug-likeness (QED) is 0.507. The second kappa shape index (κ2) is 7.59. The van der Waals surface area contributed by atoms with E-state index in [0.717, 1.165) is 18.4 Å². The lowest BCUT2D eigenvalue weighted by molar-refractivity contribution is -0.384. The molecule has 1 aliphatic heterocycles. The van der Waals surface area contributed by atoms with Crippen LogP contribution in [0.4, 0.5) is 5.69 Å². The number of amides is 1. The van der Waals surface area contributed by atoms with Crippen LogP contribution in [-0.2, 0) is 0 Å². The van der Waals surface area contributed by atoms with Crippen molar-refractivity contribution in [2.45, 2.75) is 18.8 Å². The number of piperidine rings is 1. The van der Waals surface area contributed by atoms with E-state index in [1.54, 1.807) is 4.90 Å². The molecule has 1 aliphatic rings. The summed E-state index contributed by atoms with van der Waals surface area (Å²) in [6.45, 7) is 1.15. The van der Waals surface area contributed by atoms with Gasteiger partial charge in [-0.15, -0.1) is 0 Å². The minimum Gasteiger partial charge on any atom is -0.339 e. The Hall–Kier alpha value is -3.55. The van der Waals surface area contributed by atoms with E-state index in [1.165, 1.54) is 24.3 Å². The summed E-state index contributed by atoms with van der Waals surface area (Å²) in [7, 11) is 0. The van der Waals surface area contributed by atoms with Gasteiger partial charge >= 0.3 is 0 Å². The first-order chi connectivity index (χ1) is 13.6. The number of carbonyl (C=O) groups excluding carboxylic acids is 1. The van der Waals surface area contributed by atoms with E-state index in [0.29, 0.717) is 30.4 Å². The van der Waals surface area contributed by atoms with E-state index in [1.807, 2.05) is 30.3 Å². The van der Waals surface area contributed by atoms with Crippen LogP contribution in [0, 0.1) is 10.1 Å². The molecule has 0 spiro atoms. The summed E-state index contributed by atoms with van der Waals surface area (Å²) in [5, 5.41) is 14.8. The maximum Gasteiger partial charge on any atom is 0.269 e. The SMILES string of the molecule is O=C(c1ccc([N+](=O)[O-])cc1)N1CCC(c2nc(-c3ccccc3)no2)CC1. The van der Waals surface area contributed by atoms with Crippen molar-refractivity contribution < 1.29 is 14.2 Å². The maximum atomic E-state index is 12.6. The number of aromatic nitrogens is 2. The van der Waals surface area contributed by atoms with Crippen LogP contribution in [0.15, 0.2) is 59.1 Å². The van der Waals surface area contributed by atoms with E-state index in [9.17, 15) is 14.9 Å². The average molecular weight is 378 g/mol. The molecule has 0 aliphatic carbocycles. The van der Waals surface area contributed by atoms with Crippen molar-refractivity contribution in [3.8, 4) is 11.4 Å². The zero-order valence-corrected chi connectivity index (χ0v) is 15.0. The highest BCUT2D eigenvalue weighted by molar-refractivity contribution is 5.94. The largest absolute Gasteiger partial charge is 0.339 e. The van der Waals surface area contributed by atoms with Gasteiger partial charge < -0.3 is 9.42 Å². The Bertz CT molecular complexity index is 977. The Kier molecular flexibility index (Phi) is 4.84. The molecule has 3 aromatic rings. The minimum absolute atomic E-state index is 0.0270. The fourth-order valence-electron chi connectivity index (χ4n) is 3.34. The number of nitro benzene ring substituents is 1. The molecule has 0 bridgehead atoms. The van der Waals surface area contributed by atoms with Crippen LogP contribution >= 0.6 is 0 Å². The van der Waals surface area contributed by atoms with Gasteiger partial charge in [0.2, 0.25) is 11.7 Å². The lowest BCUT2D eigenvalue weighted by Gasteiger charge is -2.30. The highest BCUT2D eigenvalue weighted by atomic mass is 16.6.